The summed E-state index contributed by atoms with van der Waals surface area (Å²) in [6.07, 6.45) is 8.20. The fraction of sp³-hybridized carbons (Fsp3) is 1.00. The Labute approximate surface area is 99.3 Å². The van der Waals surface area contributed by atoms with E-state index in [1.165, 1.54) is 51.6 Å². The van der Waals surface area contributed by atoms with Crippen LogP contribution in [-0.2, 0) is 4.74 Å². The van der Waals surface area contributed by atoms with Gasteiger partial charge in [0.05, 0.1) is 12.2 Å². The molecule has 0 aromatic rings. The van der Waals surface area contributed by atoms with Gasteiger partial charge in [-0.3, -0.25) is 0 Å². The Hall–Kier alpha value is -0.0800. The van der Waals surface area contributed by atoms with Crippen LogP contribution in [0, 0.1) is 11.3 Å². The number of piperidine rings is 1. The van der Waals surface area contributed by atoms with Gasteiger partial charge in [0.25, 0.3) is 0 Å². The Bertz CT molecular complexity index is 264. The molecule has 3 rings (SSSR count). The summed E-state index contributed by atoms with van der Waals surface area (Å²) < 4.78 is 6.35. The van der Waals surface area contributed by atoms with E-state index in [1.54, 1.807) is 0 Å². The van der Waals surface area contributed by atoms with Gasteiger partial charge in [0, 0.05) is 13.1 Å². The lowest BCUT2D eigenvalue weighted by Crippen LogP contribution is -2.49. The number of likely N-dealkylation sites (tertiary alicyclic amines) is 1. The Balaban J connectivity index is 1.81. The molecule has 16 heavy (non-hydrogen) atoms. The summed E-state index contributed by atoms with van der Waals surface area (Å²) in [6, 6.07) is 0. The number of rotatable bonds is 0. The monoisotopic (exact) mass is 223 g/mol. The molecule has 0 amide bonds. The van der Waals surface area contributed by atoms with Crippen molar-refractivity contribution in [1.29, 1.82) is 0 Å². The van der Waals surface area contributed by atoms with Crippen LogP contribution in [0.2, 0.25) is 0 Å². The molecule has 2 unspecified atom stereocenters. The number of hydrogen-bond donors (Lipinski definition) is 0. The van der Waals surface area contributed by atoms with Crippen molar-refractivity contribution in [1.82, 2.24) is 4.90 Å². The molecule has 0 radical (unpaired) electrons. The van der Waals surface area contributed by atoms with Crippen LogP contribution in [0.25, 0.3) is 0 Å². The van der Waals surface area contributed by atoms with E-state index in [1.807, 2.05) is 0 Å². The molecule has 2 nitrogen and oxygen atoms in total. The van der Waals surface area contributed by atoms with Gasteiger partial charge < -0.3 is 9.64 Å². The third-order valence-corrected chi connectivity index (χ3v) is 5.49. The second-order valence-corrected chi connectivity index (χ2v) is 6.61. The van der Waals surface area contributed by atoms with E-state index in [2.05, 4.69) is 18.9 Å². The molecule has 2 saturated heterocycles. The summed E-state index contributed by atoms with van der Waals surface area (Å²) in [7, 11) is 2.24. The quantitative estimate of drug-likeness (QED) is 0.626. The van der Waals surface area contributed by atoms with E-state index in [4.69, 9.17) is 4.74 Å². The Morgan fingerprint density at radius 1 is 1.12 bits per heavy atom. The van der Waals surface area contributed by atoms with E-state index >= 15 is 0 Å². The molecule has 1 spiro atoms. The van der Waals surface area contributed by atoms with Gasteiger partial charge >= 0.3 is 0 Å². The molecule has 0 aromatic carbocycles. The van der Waals surface area contributed by atoms with Gasteiger partial charge in [0.1, 0.15) is 0 Å². The highest BCUT2D eigenvalue weighted by atomic mass is 16.5. The van der Waals surface area contributed by atoms with Crippen LogP contribution in [0.15, 0.2) is 0 Å². The highest BCUT2D eigenvalue weighted by molar-refractivity contribution is 5.06. The van der Waals surface area contributed by atoms with Gasteiger partial charge in [0.2, 0.25) is 0 Å². The van der Waals surface area contributed by atoms with E-state index < -0.39 is 0 Å². The highest BCUT2D eigenvalue weighted by Crippen LogP contribution is 2.56. The standard InChI is InChI=1S/C14H25NO/c1-13-6-4-3-5-12(13)14(16-11-13)7-9-15(2)10-8-14/h12H,3-11H2,1-2H3. The lowest BCUT2D eigenvalue weighted by atomic mass is 9.61. The molecule has 1 saturated carbocycles. The van der Waals surface area contributed by atoms with E-state index in [0.717, 1.165) is 12.5 Å². The minimum atomic E-state index is 0.266. The Kier molecular flexibility index (Phi) is 2.56. The molecular weight excluding hydrogens is 198 g/mol. The maximum atomic E-state index is 6.35. The normalized spacial score (nSPS) is 43.5. The molecule has 2 heteroatoms. The average Bonchev–Trinajstić information content (AvgIpc) is 2.58. The van der Waals surface area contributed by atoms with Crippen LogP contribution < -0.4 is 0 Å². The number of hydrogen-bond acceptors (Lipinski definition) is 2. The van der Waals surface area contributed by atoms with Gasteiger partial charge in [-0.2, -0.15) is 0 Å². The minimum Gasteiger partial charge on any atom is -0.374 e. The SMILES string of the molecule is CN1CCC2(CC1)OCC1(C)CCCCC12. The summed E-state index contributed by atoms with van der Waals surface area (Å²) in [5.41, 5.74) is 0.774. The largest absolute Gasteiger partial charge is 0.374 e. The van der Waals surface area contributed by atoms with Gasteiger partial charge in [-0.25, -0.2) is 0 Å². The molecule has 92 valence electrons. The summed E-state index contributed by atoms with van der Waals surface area (Å²) in [5.74, 6) is 0.849. The summed E-state index contributed by atoms with van der Waals surface area (Å²) in [4.78, 5) is 2.45. The molecule has 0 aromatic heterocycles. The summed E-state index contributed by atoms with van der Waals surface area (Å²) >= 11 is 0. The fourth-order valence-corrected chi connectivity index (χ4v) is 4.37. The third-order valence-electron chi connectivity index (χ3n) is 5.49. The molecule has 0 bridgehead atoms. The van der Waals surface area contributed by atoms with Crippen molar-refractivity contribution in [2.24, 2.45) is 11.3 Å². The van der Waals surface area contributed by atoms with Crippen LogP contribution in [0.1, 0.15) is 45.4 Å². The van der Waals surface area contributed by atoms with Crippen LogP contribution in [0.5, 0.6) is 0 Å². The predicted molar refractivity (Wildman–Crippen MR) is 65.5 cm³/mol. The zero-order chi connectivity index (χ0) is 11.2. The van der Waals surface area contributed by atoms with Crippen molar-refractivity contribution >= 4 is 0 Å². The summed E-state index contributed by atoms with van der Waals surface area (Å²) in [5, 5.41) is 0. The van der Waals surface area contributed by atoms with Crippen molar-refractivity contribution in [2.75, 3.05) is 26.7 Å². The highest BCUT2D eigenvalue weighted by Gasteiger charge is 2.56. The topological polar surface area (TPSA) is 12.5 Å². The molecule has 2 atom stereocenters. The van der Waals surface area contributed by atoms with Gasteiger partial charge in [0.15, 0.2) is 0 Å². The smallest absolute Gasteiger partial charge is 0.0741 e. The van der Waals surface area contributed by atoms with E-state index in [9.17, 15) is 0 Å². The predicted octanol–water partition coefficient (Wildman–Crippen LogP) is 2.68. The van der Waals surface area contributed by atoms with Crippen LogP contribution in [-0.4, -0.2) is 37.2 Å². The van der Waals surface area contributed by atoms with E-state index in [0.29, 0.717) is 5.41 Å². The Morgan fingerprint density at radius 2 is 1.88 bits per heavy atom. The lowest BCUT2D eigenvalue weighted by Gasteiger charge is -2.46. The van der Waals surface area contributed by atoms with Crippen molar-refractivity contribution in [3.05, 3.63) is 0 Å². The van der Waals surface area contributed by atoms with Crippen LogP contribution in [0.4, 0.5) is 0 Å². The number of nitrogens with zero attached hydrogens (tertiary/aromatic N) is 1. The van der Waals surface area contributed by atoms with Gasteiger partial charge in [-0.05, 0) is 44.1 Å². The number of ether oxygens (including phenoxy) is 1. The fourth-order valence-electron chi connectivity index (χ4n) is 4.37. The van der Waals surface area contributed by atoms with Crippen LogP contribution in [0.3, 0.4) is 0 Å². The first-order valence-electron chi connectivity index (χ1n) is 6.97. The minimum absolute atomic E-state index is 0.266. The van der Waals surface area contributed by atoms with Gasteiger partial charge in [-0.15, -0.1) is 0 Å². The molecule has 3 fully saturated rings. The van der Waals surface area contributed by atoms with E-state index in [-0.39, 0.29) is 5.60 Å². The van der Waals surface area contributed by atoms with Gasteiger partial charge in [-0.1, -0.05) is 19.8 Å². The molecule has 2 heterocycles. The second-order valence-electron chi connectivity index (χ2n) is 6.61. The van der Waals surface area contributed by atoms with Crippen molar-refractivity contribution in [3.63, 3.8) is 0 Å². The van der Waals surface area contributed by atoms with Crippen molar-refractivity contribution < 1.29 is 4.74 Å². The first kappa shape index (κ1) is 11.0. The third kappa shape index (κ3) is 1.53. The molecular formula is C14H25NO. The zero-order valence-electron chi connectivity index (χ0n) is 10.8. The average molecular weight is 223 g/mol. The maximum Gasteiger partial charge on any atom is 0.0741 e. The Morgan fingerprint density at radius 3 is 2.62 bits per heavy atom. The van der Waals surface area contributed by atoms with Crippen molar-refractivity contribution in [3.8, 4) is 0 Å². The second kappa shape index (κ2) is 3.71. The zero-order valence-corrected chi connectivity index (χ0v) is 10.8. The van der Waals surface area contributed by atoms with Crippen LogP contribution >= 0.6 is 0 Å². The molecule has 2 aliphatic heterocycles. The first-order valence-corrected chi connectivity index (χ1v) is 6.97. The van der Waals surface area contributed by atoms with Crippen molar-refractivity contribution in [2.45, 2.75) is 51.0 Å². The summed E-state index contributed by atoms with van der Waals surface area (Å²) in [6.45, 7) is 5.96. The molecule has 3 aliphatic rings. The first-order chi connectivity index (χ1) is 7.65. The maximum absolute atomic E-state index is 6.35. The molecule has 1 aliphatic carbocycles. The molecule has 0 N–H and O–H groups in total. The number of fused-ring (bicyclic) bond motifs is 2. The lowest BCUT2D eigenvalue weighted by molar-refractivity contribution is -0.0663.